The molecule has 7 heteroatoms. The molecule has 2 aromatic rings. The first kappa shape index (κ1) is 18.9. The number of hydrogen-bond acceptors (Lipinski definition) is 5. The van der Waals surface area contributed by atoms with Crippen molar-refractivity contribution in [3.05, 3.63) is 60.2 Å². The molecular weight excluding hydrogens is 336 g/mol. The minimum atomic E-state index is -0.498. The fourth-order valence-corrected chi connectivity index (χ4v) is 1.98. The Balaban J connectivity index is 1.75. The highest BCUT2D eigenvalue weighted by Crippen LogP contribution is 2.25. The Kier molecular flexibility index (Phi) is 7.05. The molecule has 2 amide bonds. The van der Waals surface area contributed by atoms with Crippen LogP contribution in [0.3, 0.4) is 0 Å². The summed E-state index contributed by atoms with van der Waals surface area (Å²) < 4.78 is 15.5. The molecule has 0 atom stereocenters. The number of amides is 2. The van der Waals surface area contributed by atoms with Crippen LogP contribution in [0.1, 0.15) is 5.56 Å². The molecule has 0 saturated carbocycles. The second-order valence-corrected chi connectivity index (χ2v) is 5.08. The molecule has 0 fully saturated rings. The molecule has 0 aliphatic heterocycles. The molecule has 0 heterocycles. The summed E-state index contributed by atoms with van der Waals surface area (Å²) in [4.78, 5) is 23.5. The van der Waals surface area contributed by atoms with Crippen molar-refractivity contribution in [1.29, 1.82) is 0 Å². The van der Waals surface area contributed by atoms with Crippen molar-refractivity contribution in [3.63, 3.8) is 0 Å². The van der Waals surface area contributed by atoms with Crippen LogP contribution in [0.5, 0.6) is 17.2 Å². The number of hydrogen-bond donors (Lipinski definition) is 2. The van der Waals surface area contributed by atoms with E-state index in [1.54, 1.807) is 49.6 Å². The zero-order valence-corrected chi connectivity index (χ0v) is 14.5. The van der Waals surface area contributed by atoms with Gasteiger partial charge in [-0.15, -0.1) is 0 Å². The molecule has 0 bridgehead atoms. The highest BCUT2D eigenvalue weighted by Gasteiger charge is 2.07. The van der Waals surface area contributed by atoms with Crippen molar-refractivity contribution in [2.24, 2.45) is 0 Å². The van der Waals surface area contributed by atoms with Gasteiger partial charge in [0, 0.05) is 6.08 Å². The number of nitrogens with one attached hydrogen (secondary N) is 2. The Labute approximate surface area is 151 Å². The predicted octanol–water partition coefficient (Wildman–Crippen LogP) is 1.94. The van der Waals surface area contributed by atoms with E-state index in [4.69, 9.17) is 14.2 Å². The van der Waals surface area contributed by atoms with E-state index in [0.29, 0.717) is 11.5 Å². The first-order valence-electron chi connectivity index (χ1n) is 7.79. The van der Waals surface area contributed by atoms with Crippen LogP contribution in [0, 0.1) is 0 Å². The third-order valence-corrected chi connectivity index (χ3v) is 3.30. The maximum atomic E-state index is 11.7. The molecule has 0 aromatic heterocycles. The van der Waals surface area contributed by atoms with Gasteiger partial charge in [-0.2, -0.15) is 0 Å². The molecule has 0 radical (unpaired) electrons. The second kappa shape index (κ2) is 9.73. The van der Waals surface area contributed by atoms with Crippen molar-refractivity contribution in [3.8, 4) is 17.2 Å². The maximum Gasteiger partial charge on any atom is 0.276 e. The number of carbonyl (C=O) groups excluding carboxylic acids is 2. The van der Waals surface area contributed by atoms with Crippen molar-refractivity contribution >= 4 is 17.9 Å². The third-order valence-electron chi connectivity index (χ3n) is 3.30. The maximum absolute atomic E-state index is 11.7. The van der Waals surface area contributed by atoms with Crippen LogP contribution in [0.25, 0.3) is 6.08 Å². The summed E-state index contributed by atoms with van der Waals surface area (Å²) in [5, 5.41) is 0. The number of ether oxygens (including phenoxy) is 3. The summed E-state index contributed by atoms with van der Waals surface area (Å²) in [5.41, 5.74) is 5.37. The van der Waals surface area contributed by atoms with Crippen LogP contribution in [-0.4, -0.2) is 32.6 Å². The van der Waals surface area contributed by atoms with Crippen LogP contribution in [0.15, 0.2) is 54.6 Å². The first-order valence-corrected chi connectivity index (χ1v) is 7.79. The summed E-state index contributed by atoms with van der Waals surface area (Å²) in [6.45, 7) is -0.261. The van der Waals surface area contributed by atoms with E-state index in [1.807, 2.05) is 12.1 Å². The normalized spacial score (nSPS) is 10.2. The van der Waals surface area contributed by atoms with Crippen LogP contribution in [0.2, 0.25) is 0 Å². The number of rotatable bonds is 7. The van der Waals surface area contributed by atoms with Crippen molar-refractivity contribution in [2.45, 2.75) is 0 Å². The number of para-hydroxylation sites is 2. The summed E-state index contributed by atoms with van der Waals surface area (Å²) in [7, 11) is 3.09. The summed E-state index contributed by atoms with van der Waals surface area (Å²) >= 11 is 0. The zero-order valence-electron chi connectivity index (χ0n) is 14.5. The lowest BCUT2D eigenvalue weighted by Gasteiger charge is -2.10. The summed E-state index contributed by atoms with van der Waals surface area (Å²) in [6.07, 6.45) is 2.93. The highest BCUT2D eigenvalue weighted by atomic mass is 16.5. The molecule has 2 rings (SSSR count). The topological polar surface area (TPSA) is 85.9 Å². The molecule has 0 saturated heterocycles. The Morgan fingerprint density at radius 3 is 2.27 bits per heavy atom. The number of benzene rings is 2. The molecular formula is C19H20N2O5. The molecule has 2 N–H and O–H groups in total. The molecule has 0 unspecified atom stereocenters. The average molecular weight is 356 g/mol. The minimum absolute atomic E-state index is 0.261. The van der Waals surface area contributed by atoms with Gasteiger partial charge >= 0.3 is 0 Å². The Bertz CT molecular complexity index is 772. The smallest absolute Gasteiger partial charge is 0.276 e. The summed E-state index contributed by atoms with van der Waals surface area (Å²) in [6, 6.07) is 14.2. The fraction of sp³-hybridized carbons (Fsp3) is 0.158. The van der Waals surface area contributed by atoms with Gasteiger partial charge in [-0.25, -0.2) is 0 Å². The Morgan fingerprint density at radius 2 is 1.62 bits per heavy atom. The summed E-state index contributed by atoms with van der Waals surface area (Å²) in [5.74, 6) is 0.727. The molecule has 136 valence electrons. The van der Waals surface area contributed by atoms with E-state index < -0.39 is 11.8 Å². The molecule has 2 aromatic carbocycles. The first-order chi connectivity index (χ1) is 12.6. The largest absolute Gasteiger partial charge is 0.497 e. The van der Waals surface area contributed by atoms with Gasteiger partial charge in [-0.05, 0) is 35.9 Å². The zero-order chi connectivity index (χ0) is 18.8. The van der Waals surface area contributed by atoms with Gasteiger partial charge in [0.15, 0.2) is 18.1 Å². The van der Waals surface area contributed by atoms with Crippen molar-refractivity contribution in [2.75, 3.05) is 20.8 Å². The van der Waals surface area contributed by atoms with Crippen molar-refractivity contribution < 1.29 is 23.8 Å². The van der Waals surface area contributed by atoms with Crippen LogP contribution >= 0.6 is 0 Å². The fourth-order valence-electron chi connectivity index (χ4n) is 1.98. The van der Waals surface area contributed by atoms with E-state index in [1.165, 1.54) is 13.2 Å². The lowest BCUT2D eigenvalue weighted by atomic mass is 10.2. The average Bonchev–Trinajstić information content (AvgIpc) is 2.69. The van der Waals surface area contributed by atoms with E-state index in [9.17, 15) is 9.59 Å². The number of methoxy groups -OCH3 is 2. The quantitative estimate of drug-likeness (QED) is 0.585. The molecule has 26 heavy (non-hydrogen) atoms. The third kappa shape index (κ3) is 5.86. The van der Waals surface area contributed by atoms with Gasteiger partial charge in [0.1, 0.15) is 5.75 Å². The van der Waals surface area contributed by atoms with Gasteiger partial charge in [0.2, 0.25) is 0 Å². The minimum Gasteiger partial charge on any atom is -0.497 e. The van der Waals surface area contributed by atoms with Crippen molar-refractivity contribution in [1.82, 2.24) is 10.9 Å². The standard InChI is InChI=1S/C19H20N2O5/c1-24-15-10-7-14(8-11-15)9-12-18(22)20-21-19(23)13-26-17-6-4-3-5-16(17)25-2/h3-12H,13H2,1-2H3,(H,20,22)(H,21,23)/b12-9+. The molecule has 0 aliphatic carbocycles. The molecule has 0 spiro atoms. The van der Waals surface area contributed by atoms with E-state index in [0.717, 1.165) is 11.3 Å². The lowest BCUT2D eigenvalue weighted by Crippen LogP contribution is -2.43. The predicted molar refractivity (Wildman–Crippen MR) is 96.8 cm³/mol. The van der Waals surface area contributed by atoms with Crippen LogP contribution in [0.4, 0.5) is 0 Å². The highest BCUT2D eigenvalue weighted by molar-refractivity contribution is 5.93. The molecule has 0 aliphatic rings. The van der Waals surface area contributed by atoms with E-state index >= 15 is 0 Å². The van der Waals surface area contributed by atoms with Gasteiger partial charge < -0.3 is 14.2 Å². The van der Waals surface area contributed by atoms with E-state index in [2.05, 4.69) is 10.9 Å². The van der Waals surface area contributed by atoms with Crippen LogP contribution < -0.4 is 25.1 Å². The number of carbonyl (C=O) groups is 2. The molecule has 7 nitrogen and oxygen atoms in total. The Hall–Kier alpha value is -3.48. The van der Waals surface area contributed by atoms with Gasteiger partial charge in [-0.1, -0.05) is 24.3 Å². The van der Waals surface area contributed by atoms with Gasteiger partial charge in [-0.3, -0.25) is 20.4 Å². The van der Waals surface area contributed by atoms with E-state index in [-0.39, 0.29) is 6.61 Å². The van der Waals surface area contributed by atoms with Gasteiger partial charge in [0.25, 0.3) is 11.8 Å². The second-order valence-electron chi connectivity index (χ2n) is 5.08. The number of hydrazine groups is 1. The van der Waals surface area contributed by atoms with Gasteiger partial charge in [0.05, 0.1) is 14.2 Å². The lowest BCUT2D eigenvalue weighted by molar-refractivity contribution is -0.128. The monoisotopic (exact) mass is 356 g/mol. The SMILES string of the molecule is COc1ccc(/C=C/C(=O)NNC(=O)COc2ccccc2OC)cc1. The Morgan fingerprint density at radius 1 is 0.923 bits per heavy atom. The van der Waals surface area contributed by atoms with Crippen LogP contribution in [-0.2, 0) is 9.59 Å².